The van der Waals surface area contributed by atoms with Crippen LogP contribution in [-0.4, -0.2) is 33.8 Å². The highest BCUT2D eigenvalue weighted by Crippen LogP contribution is 2.44. The summed E-state index contributed by atoms with van der Waals surface area (Å²) in [6.45, 7) is 7.98. The average Bonchev–Trinajstić information content (AvgIpc) is 3.30. The van der Waals surface area contributed by atoms with Gasteiger partial charge in [0.1, 0.15) is 4.83 Å². The number of thiophene rings is 1. The Bertz CT molecular complexity index is 1060. The van der Waals surface area contributed by atoms with Crippen molar-refractivity contribution < 1.29 is 0 Å². The van der Waals surface area contributed by atoms with Crippen molar-refractivity contribution in [2.75, 3.05) is 17.7 Å². The van der Waals surface area contributed by atoms with Gasteiger partial charge < -0.3 is 4.90 Å². The van der Waals surface area contributed by atoms with Gasteiger partial charge in [0, 0.05) is 23.7 Å². The molecular weight excluding hydrogens is 384 g/mol. The first-order chi connectivity index (χ1) is 13.6. The fourth-order valence-electron chi connectivity index (χ4n) is 4.94. The number of hydrogen-bond donors (Lipinski definition) is 0. The van der Waals surface area contributed by atoms with Gasteiger partial charge in [-0.2, -0.15) is 0 Å². The quantitative estimate of drug-likeness (QED) is 0.393. The van der Waals surface area contributed by atoms with E-state index in [2.05, 4.69) is 31.9 Å². The van der Waals surface area contributed by atoms with Crippen molar-refractivity contribution in [2.45, 2.75) is 76.4 Å². The molecule has 1 aliphatic carbocycles. The lowest BCUT2D eigenvalue weighted by Crippen LogP contribution is -2.38. The van der Waals surface area contributed by atoms with Crippen LogP contribution < -0.4 is 4.90 Å². The van der Waals surface area contributed by atoms with Crippen molar-refractivity contribution in [3.05, 3.63) is 16.8 Å². The van der Waals surface area contributed by atoms with E-state index in [1.54, 1.807) is 11.8 Å². The molecule has 148 valence electrons. The van der Waals surface area contributed by atoms with Gasteiger partial charge in [-0.15, -0.1) is 11.3 Å². The molecule has 1 fully saturated rings. The van der Waals surface area contributed by atoms with Gasteiger partial charge >= 0.3 is 0 Å². The lowest BCUT2D eigenvalue weighted by Gasteiger charge is -2.34. The number of aryl methyl sites for hydroxylation is 1. The molecule has 0 saturated carbocycles. The number of nitrogens with zero attached hydrogens (tertiary/aromatic N) is 4. The molecule has 1 aliphatic heterocycles. The lowest BCUT2D eigenvalue weighted by atomic mass is 9.99. The van der Waals surface area contributed by atoms with Crippen molar-refractivity contribution in [2.24, 2.45) is 0 Å². The van der Waals surface area contributed by atoms with Crippen molar-refractivity contribution in [1.29, 1.82) is 0 Å². The number of rotatable bonds is 3. The predicted molar refractivity (Wildman–Crippen MR) is 121 cm³/mol. The van der Waals surface area contributed by atoms with E-state index in [1.807, 2.05) is 11.3 Å². The van der Waals surface area contributed by atoms with Crippen LogP contribution in [0.2, 0.25) is 0 Å². The largest absolute Gasteiger partial charge is 0.353 e. The van der Waals surface area contributed by atoms with Crippen molar-refractivity contribution in [1.82, 2.24) is 15.0 Å². The van der Waals surface area contributed by atoms with Crippen LogP contribution in [0, 0.1) is 0 Å². The molecular formula is C22H28N4S2. The van der Waals surface area contributed by atoms with E-state index in [4.69, 9.17) is 15.0 Å². The Balaban J connectivity index is 1.83. The number of pyridine rings is 1. The van der Waals surface area contributed by atoms with Gasteiger partial charge in [-0.05, 0) is 68.7 Å². The van der Waals surface area contributed by atoms with Gasteiger partial charge in [-0.1, -0.05) is 25.6 Å². The molecule has 28 heavy (non-hydrogen) atoms. The molecule has 1 atom stereocenters. The van der Waals surface area contributed by atoms with Crippen LogP contribution >= 0.6 is 23.1 Å². The normalized spacial score (nSPS) is 19.9. The van der Waals surface area contributed by atoms with Crippen LogP contribution in [0.25, 0.3) is 20.4 Å². The first kappa shape index (κ1) is 18.6. The third kappa shape index (κ3) is 2.83. The van der Waals surface area contributed by atoms with Gasteiger partial charge in [-0.3, -0.25) is 0 Å². The number of aromatic nitrogens is 3. The Hall–Kier alpha value is -1.40. The maximum atomic E-state index is 5.17. The van der Waals surface area contributed by atoms with Crippen LogP contribution in [0.4, 0.5) is 5.82 Å². The summed E-state index contributed by atoms with van der Waals surface area (Å²) in [5, 5.41) is 2.21. The van der Waals surface area contributed by atoms with E-state index in [1.165, 1.54) is 59.0 Å². The summed E-state index contributed by atoms with van der Waals surface area (Å²) in [5.41, 5.74) is 5.47. The standard InChI is InChI=1S/C22H28N4S2/c1-12(2)17-15-10-7-9-14(15)16-18-19(28-21(16)23-17)20(25-22(24-18)27-4)26-11-6-5-8-13(26)3/h12-13H,5-11H2,1-4H3. The molecule has 4 heterocycles. The lowest BCUT2D eigenvalue weighted by molar-refractivity contribution is 0.481. The van der Waals surface area contributed by atoms with Gasteiger partial charge in [-0.25, -0.2) is 15.0 Å². The minimum Gasteiger partial charge on any atom is -0.353 e. The van der Waals surface area contributed by atoms with Gasteiger partial charge in [0.05, 0.1) is 10.2 Å². The monoisotopic (exact) mass is 412 g/mol. The summed E-state index contributed by atoms with van der Waals surface area (Å²) < 4.78 is 1.24. The maximum absolute atomic E-state index is 5.17. The minimum atomic E-state index is 0.468. The molecule has 4 nitrogen and oxygen atoms in total. The number of thioether (sulfide) groups is 1. The molecule has 1 unspecified atom stereocenters. The SMILES string of the molecule is CSc1nc(N2CCCCC2C)c2sc3nc(C(C)C)c4c(c3c2n1)CCC4. The van der Waals surface area contributed by atoms with E-state index >= 15 is 0 Å². The topological polar surface area (TPSA) is 41.9 Å². The van der Waals surface area contributed by atoms with Crippen LogP contribution in [0.15, 0.2) is 5.16 Å². The van der Waals surface area contributed by atoms with E-state index in [9.17, 15) is 0 Å². The van der Waals surface area contributed by atoms with Gasteiger partial charge in [0.15, 0.2) is 11.0 Å². The zero-order valence-electron chi connectivity index (χ0n) is 17.2. The van der Waals surface area contributed by atoms with Crippen LogP contribution in [0.3, 0.4) is 0 Å². The Kier molecular flexibility index (Phi) is 4.74. The Morgan fingerprint density at radius 3 is 2.64 bits per heavy atom. The molecule has 0 spiro atoms. The van der Waals surface area contributed by atoms with E-state index in [0.29, 0.717) is 12.0 Å². The zero-order valence-corrected chi connectivity index (χ0v) is 18.8. The van der Waals surface area contributed by atoms with Crippen molar-refractivity contribution in [3.63, 3.8) is 0 Å². The van der Waals surface area contributed by atoms with Crippen molar-refractivity contribution >= 4 is 49.3 Å². The molecule has 3 aromatic rings. The second-order valence-electron chi connectivity index (χ2n) is 8.49. The van der Waals surface area contributed by atoms with E-state index in [0.717, 1.165) is 34.3 Å². The first-order valence-electron chi connectivity index (χ1n) is 10.5. The molecule has 0 radical (unpaired) electrons. The fourth-order valence-corrected chi connectivity index (χ4v) is 6.46. The molecule has 6 heteroatoms. The number of piperidine rings is 1. The van der Waals surface area contributed by atoms with Crippen LogP contribution in [-0.2, 0) is 12.8 Å². The average molecular weight is 413 g/mol. The minimum absolute atomic E-state index is 0.468. The summed E-state index contributed by atoms with van der Waals surface area (Å²) in [5.74, 6) is 1.61. The number of fused-ring (bicyclic) bond motifs is 5. The van der Waals surface area contributed by atoms with Crippen molar-refractivity contribution in [3.8, 4) is 0 Å². The second-order valence-corrected chi connectivity index (χ2v) is 10.3. The molecule has 0 N–H and O–H groups in total. The molecule has 1 saturated heterocycles. The predicted octanol–water partition coefficient (Wildman–Crippen LogP) is 5.95. The maximum Gasteiger partial charge on any atom is 0.189 e. The van der Waals surface area contributed by atoms with Crippen LogP contribution in [0.1, 0.15) is 69.2 Å². The molecule has 3 aromatic heterocycles. The smallest absolute Gasteiger partial charge is 0.189 e. The Morgan fingerprint density at radius 1 is 1.07 bits per heavy atom. The second kappa shape index (κ2) is 7.13. The highest BCUT2D eigenvalue weighted by atomic mass is 32.2. The van der Waals surface area contributed by atoms with Crippen LogP contribution in [0.5, 0.6) is 0 Å². The highest BCUT2D eigenvalue weighted by molar-refractivity contribution is 7.98. The summed E-state index contributed by atoms with van der Waals surface area (Å²) in [6.07, 6.45) is 9.47. The van der Waals surface area contributed by atoms with Gasteiger partial charge in [0.2, 0.25) is 0 Å². The van der Waals surface area contributed by atoms with E-state index < -0.39 is 0 Å². The molecule has 2 aliphatic rings. The molecule has 5 rings (SSSR count). The summed E-state index contributed by atoms with van der Waals surface area (Å²) in [4.78, 5) is 18.9. The molecule has 0 bridgehead atoms. The summed E-state index contributed by atoms with van der Waals surface area (Å²) in [7, 11) is 0. The van der Waals surface area contributed by atoms with Gasteiger partial charge in [0.25, 0.3) is 0 Å². The third-order valence-corrected chi connectivity index (χ3v) is 7.95. The summed E-state index contributed by atoms with van der Waals surface area (Å²) >= 11 is 3.47. The Morgan fingerprint density at radius 2 is 1.89 bits per heavy atom. The van der Waals surface area contributed by atoms with E-state index in [-0.39, 0.29) is 0 Å². The summed E-state index contributed by atoms with van der Waals surface area (Å²) in [6, 6.07) is 0.539. The molecule has 0 aromatic carbocycles. The highest BCUT2D eigenvalue weighted by Gasteiger charge is 2.28. The molecule has 0 amide bonds. The first-order valence-corrected chi connectivity index (χ1v) is 12.6. The number of anilines is 1. The number of hydrogen-bond acceptors (Lipinski definition) is 6. The fraction of sp³-hybridized carbons (Fsp3) is 0.591. The Labute approximate surface area is 175 Å². The third-order valence-electron chi connectivity index (χ3n) is 6.33. The zero-order chi connectivity index (χ0) is 19.4.